The Labute approximate surface area is 203 Å². The average Bonchev–Trinajstić information content (AvgIpc) is 3.20. The summed E-state index contributed by atoms with van der Waals surface area (Å²) in [6.07, 6.45) is 3.79. The third kappa shape index (κ3) is 3.64. The minimum absolute atomic E-state index is 0.155. The van der Waals surface area contributed by atoms with E-state index in [1.165, 1.54) is 0 Å². The van der Waals surface area contributed by atoms with Crippen molar-refractivity contribution in [2.75, 3.05) is 23.9 Å². The van der Waals surface area contributed by atoms with Crippen LogP contribution in [0.5, 0.6) is 0 Å². The first-order valence-corrected chi connectivity index (χ1v) is 11.5. The van der Waals surface area contributed by atoms with E-state index in [1.54, 1.807) is 24.3 Å². The van der Waals surface area contributed by atoms with Gasteiger partial charge in [-0.25, -0.2) is 0 Å². The number of para-hydroxylation sites is 1. The molecule has 3 aromatic carbocycles. The SMILES string of the molecule is CN(C)c1ccc([C@@H]2[C@@H]([N+](=O)[O-])[C@@H]3C=Cc4ccccc4N3[C@@H]2C(=O)c2ccc(Cl)cc2)cc1. The highest BCUT2D eigenvalue weighted by Gasteiger charge is 2.58. The maximum absolute atomic E-state index is 14.0. The van der Waals surface area contributed by atoms with Gasteiger partial charge in [0.05, 0.1) is 5.92 Å². The van der Waals surface area contributed by atoms with Crippen molar-refractivity contribution in [2.24, 2.45) is 0 Å². The van der Waals surface area contributed by atoms with E-state index in [9.17, 15) is 14.9 Å². The van der Waals surface area contributed by atoms with Gasteiger partial charge in [0.2, 0.25) is 6.04 Å². The van der Waals surface area contributed by atoms with Gasteiger partial charge in [-0.1, -0.05) is 54.1 Å². The topological polar surface area (TPSA) is 66.7 Å². The number of carbonyl (C=O) groups excluding carboxylic acids is 1. The molecule has 0 N–H and O–H groups in total. The highest BCUT2D eigenvalue weighted by Crippen LogP contribution is 2.47. The monoisotopic (exact) mass is 473 g/mol. The zero-order chi connectivity index (χ0) is 24.0. The Balaban J connectivity index is 1.69. The number of carbonyl (C=O) groups is 1. The zero-order valence-corrected chi connectivity index (χ0v) is 19.6. The molecule has 0 saturated carbocycles. The molecule has 5 rings (SSSR count). The molecule has 3 aromatic rings. The summed E-state index contributed by atoms with van der Waals surface area (Å²) >= 11 is 6.06. The lowest BCUT2D eigenvalue weighted by molar-refractivity contribution is -0.524. The fourth-order valence-electron chi connectivity index (χ4n) is 5.21. The molecule has 2 heterocycles. The number of fused-ring (bicyclic) bond motifs is 3. The van der Waals surface area contributed by atoms with E-state index in [0.29, 0.717) is 10.6 Å². The summed E-state index contributed by atoms with van der Waals surface area (Å²) in [5, 5.41) is 13.0. The lowest BCUT2D eigenvalue weighted by atomic mass is 9.83. The van der Waals surface area contributed by atoms with Gasteiger partial charge in [-0.3, -0.25) is 14.9 Å². The van der Waals surface area contributed by atoms with E-state index < -0.39 is 24.0 Å². The van der Waals surface area contributed by atoms with Gasteiger partial charge in [0.1, 0.15) is 12.1 Å². The van der Waals surface area contributed by atoms with Gasteiger partial charge in [0.25, 0.3) is 0 Å². The minimum Gasteiger partial charge on any atom is -0.378 e. The van der Waals surface area contributed by atoms with E-state index in [1.807, 2.05) is 84.6 Å². The molecule has 7 heteroatoms. The average molecular weight is 474 g/mol. The molecule has 0 amide bonds. The normalized spacial score (nSPS) is 22.7. The van der Waals surface area contributed by atoms with Crippen LogP contribution >= 0.6 is 11.6 Å². The fraction of sp³-hybridized carbons (Fsp3) is 0.222. The van der Waals surface area contributed by atoms with Crippen molar-refractivity contribution in [3.8, 4) is 0 Å². The molecule has 172 valence electrons. The highest BCUT2D eigenvalue weighted by molar-refractivity contribution is 6.30. The maximum atomic E-state index is 14.0. The van der Waals surface area contributed by atoms with Gasteiger partial charge < -0.3 is 9.80 Å². The van der Waals surface area contributed by atoms with Crippen LogP contribution in [0.2, 0.25) is 5.02 Å². The first-order chi connectivity index (χ1) is 16.4. The second-order valence-corrected chi connectivity index (χ2v) is 9.36. The second-order valence-electron chi connectivity index (χ2n) is 8.92. The van der Waals surface area contributed by atoms with E-state index in [4.69, 9.17) is 11.6 Å². The molecule has 2 aliphatic rings. The van der Waals surface area contributed by atoms with Crippen molar-refractivity contribution in [2.45, 2.75) is 24.0 Å². The molecular weight excluding hydrogens is 450 g/mol. The lowest BCUT2D eigenvalue weighted by Gasteiger charge is -2.34. The van der Waals surface area contributed by atoms with Gasteiger partial charge in [-0.2, -0.15) is 0 Å². The molecule has 0 radical (unpaired) electrons. The quantitative estimate of drug-likeness (QED) is 0.286. The number of ketones is 1. The second kappa shape index (κ2) is 8.61. The third-order valence-corrected chi connectivity index (χ3v) is 7.05. The molecule has 34 heavy (non-hydrogen) atoms. The Morgan fingerprint density at radius 2 is 1.68 bits per heavy atom. The van der Waals surface area contributed by atoms with Crippen LogP contribution in [0.3, 0.4) is 0 Å². The Morgan fingerprint density at radius 3 is 2.32 bits per heavy atom. The van der Waals surface area contributed by atoms with Crippen LogP contribution in [0, 0.1) is 10.1 Å². The van der Waals surface area contributed by atoms with Crippen LogP contribution in [0.25, 0.3) is 6.08 Å². The molecule has 0 unspecified atom stereocenters. The standard InChI is InChI=1S/C27H24ClN3O3/c1-29(2)21-14-9-18(10-15-21)24-25(31(33)34)23-16-11-17-5-3-4-6-22(17)30(23)26(24)27(32)19-7-12-20(28)13-8-19/h3-16,23-26H,1-2H3/t23-,24+,25-,26-/m0/s1. The Kier molecular flexibility index (Phi) is 5.62. The molecule has 0 spiro atoms. The number of benzene rings is 3. The molecule has 1 fully saturated rings. The molecule has 6 nitrogen and oxygen atoms in total. The molecule has 1 saturated heterocycles. The molecular formula is C27H24ClN3O3. The van der Waals surface area contributed by atoms with Gasteiger partial charge >= 0.3 is 0 Å². The summed E-state index contributed by atoms with van der Waals surface area (Å²) in [6.45, 7) is 0. The number of Topliss-reactive ketones (excluding diaryl/α,β-unsaturated/α-hetero) is 1. The summed E-state index contributed by atoms with van der Waals surface area (Å²) in [5.74, 6) is -0.784. The summed E-state index contributed by atoms with van der Waals surface area (Å²) in [5.41, 5.74) is 4.03. The van der Waals surface area contributed by atoms with Gasteiger partial charge in [-0.05, 0) is 53.6 Å². The van der Waals surface area contributed by atoms with Gasteiger partial charge in [0.15, 0.2) is 5.78 Å². The van der Waals surface area contributed by atoms with Crippen LogP contribution in [-0.4, -0.2) is 42.9 Å². The smallest absolute Gasteiger partial charge is 0.245 e. The Bertz CT molecular complexity index is 1270. The number of rotatable bonds is 5. The first kappa shape index (κ1) is 22.2. The van der Waals surface area contributed by atoms with E-state index in [0.717, 1.165) is 22.5 Å². The summed E-state index contributed by atoms with van der Waals surface area (Å²) in [6, 6.07) is 19.9. The predicted molar refractivity (Wildman–Crippen MR) is 136 cm³/mol. The number of halogens is 1. The minimum atomic E-state index is -0.976. The Hall–Kier alpha value is -3.64. The summed E-state index contributed by atoms with van der Waals surface area (Å²) in [4.78, 5) is 30.2. The molecule has 0 bridgehead atoms. The van der Waals surface area contributed by atoms with E-state index >= 15 is 0 Å². The van der Waals surface area contributed by atoms with Crippen molar-refractivity contribution in [1.82, 2.24) is 0 Å². The van der Waals surface area contributed by atoms with Crippen LogP contribution in [0.1, 0.15) is 27.4 Å². The molecule has 2 aliphatic heterocycles. The van der Waals surface area contributed by atoms with Crippen molar-refractivity contribution in [3.63, 3.8) is 0 Å². The van der Waals surface area contributed by atoms with E-state index in [2.05, 4.69) is 0 Å². The predicted octanol–water partition coefficient (Wildman–Crippen LogP) is 5.30. The van der Waals surface area contributed by atoms with Crippen LogP contribution in [0.4, 0.5) is 11.4 Å². The fourth-order valence-corrected chi connectivity index (χ4v) is 5.34. The van der Waals surface area contributed by atoms with Crippen molar-refractivity contribution in [3.05, 3.63) is 111 Å². The summed E-state index contributed by atoms with van der Waals surface area (Å²) in [7, 11) is 3.89. The van der Waals surface area contributed by atoms with Crippen LogP contribution in [-0.2, 0) is 0 Å². The number of nitrogens with zero attached hydrogens (tertiary/aromatic N) is 3. The molecule has 0 aromatic heterocycles. The summed E-state index contributed by atoms with van der Waals surface area (Å²) < 4.78 is 0. The maximum Gasteiger partial charge on any atom is 0.245 e. The Morgan fingerprint density at radius 1 is 1.00 bits per heavy atom. The number of hydrogen-bond donors (Lipinski definition) is 0. The number of anilines is 2. The molecule has 4 atom stereocenters. The zero-order valence-electron chi connectivity index (χ0n) is 18.8. The number of nitro groups is 1. The van der Waals surface area contributed by atoms with E-state index in [-0.39, 0.29) is 10.7 Å². The van der Waals surface area contributed by atoms with Crippen molar-refractivity contribution in [1.29, 1.82) is 0 Å². The first-order valence-electron chi connectivity index (χ1n) is 11.1. The number of hydrogen-bond acceptors (Lipinski definition) is 5. The van der Waals surface area contributed by atoms with Crippen molar-refractivity contribution >= 4 is 34.8 Å². The largest absolute Gasteiger partial charge is 0.378 e. The van der Waals surface area contributed by atoms with Crippen LogP contribution in [0.15, 0.2) is 78.9 Å². The third-order valence-electron chi connectivity index (χ3n) is 6.80. The molecule has 0 aliphatic carbocycles. The van der Waals surface area contributed by atoms with Crippen LogP contribution < -0.4 is 9.80 Å². The highest BCUT2D eigenvalue weighted by atomic mass is 35.5. The lowest BCUT2D eigenvalue weighted by Crippen LogP contribution is -2.44. The van der Waals surface area contributed by atoms with Crippen molar-refractivity contribution < 1.29 is 9.72 Å². The van der Waals surface area contributed by atoms with Gasteiger partial charge in [-0.15, -0.1) is 0 Å². The van der Waals surface area contributed by atoms with Gasteiger partial charge in [0, 0.05) is 41.0 Å².